The van der Waals surface area contributed by atoms with Gasteiger partial charge in [0, 0.05) is 12.0 Å². The maximum absolute atomic E-state index is 12.4. The third-order valence-electron chi connectivity index (χ3n) is 5.57. The smallest absolute Gasteiger partial charge is 0.223 e. The molecule has 0 N–H and O–H groups in total. The number of nitriles is 1. The van der Waals surface area contributed by atoms with Gasteiger partial charge in [0.25, 0.3) is 0 Å². The van der Waals surface area contributed by atoms with Crippen LogP contribution in [-0.4, -0.2) is 22.9 Å². The van der Waals surface area contributed by atoms with Gasteiger partial charge in [0.05, 0.1) is 6.07 Å². The lowest BCUT2D eigenvalue weighted by Gasteiger charge is -2.60. The molecule has 0 saturated heterocycles. The molecule has 1 amide bonds. The first kappa shape index (κ1) is 13.0. The van der Waals surface area contributed by atoms with Gasteiger partial charge in [0.1, 0.15) is 6.54 Å². The molecule has 3 heteroatoms. The van der Waals surface area contributed by atoms with Crippen molar-refractivity contribution in [1.82, 2.24) is 4.90 Å². The van der Waals surface area contributed by atoms with Crippen molar-refractivity contribution in [2.24, 2.45) is 17.8 Å². The van der Waals surface area contributed by atoms with Crippen molar-refractivity contribution in [2.75, 3.05) is 6.54 Å². The first-order chi connectivity index (χ1) is 9.16. The van der Waals surface area contributed by atoms with Gasteiger partial charge in [-0.3, -0.25) is 4.79 Å². The molecule has 4 aliphatic rings. The predicted octanol–water partition coefficient (Wildman–Crippen LogP) is 3.11. The van der Waals surface area contributed by atoms with E-state index in [1.165, 1.54) is 19.3 Å². The Morgan fingerprint density at radius 1 is 1.21 bits per heavy atom. The van der Waals surface area contributed by atoms with Crippen molar-refractivity contribution in [2.45, 2.75) is 63.8 Å². The summed E-state index contributed by atoms with van der Waals surface area (Å²) in [5, 5.41) is 9.11. The molecule has 0 aromatic heterocycles. The average molecular weight is 260 g/mol. The largest absolute Gasteiger partial charge is 0.324 e. The lowest BCUT2D eigenvalue weighted by atomic mass is 9.52. The summed E-state index contributed by atoms with van der Waals surface area (Å²) in [5.41, 5.74) is 0.0523. The van der Waals surface area contributed by atoms with Crippen LogP contribution in [0.2, 0.25) is 0 Å². The average Bonchev–Trinajstić information content (AvgIpc) is 2.34. The van der Waals surface area contributed by atoms with E-state index >= 15 is 0 Å². The quantitative estimate of drug-likeness (QED) is 0.729. The molecule has 0 spiro atoms. The number of amides is 1. The summed E-state index contributed by atoms with van der Waals surface area (Å²) in [7, 11) is 0. The maximum Gasteiger partial charge on any atom is 0.223 e. The van der Waals surface area contributed by atoms with E-state index in [0.717, 1.165) is 43.4 Å². The predicted molar refractivity (Wildman–Crippen MR) is 73.1 cm³/mol. The topological polar surface area (TPSA) is 44.1 Å². The molecule has 4 fully saturated rings. The highest BCUT2D eigenvalue weighted by Gasteiger charge is 2.54. The SMILES string of the molecule is CCCC(=O)N(CC#N)C12CC3CC(CC(C3)C1)C2. The van der Waals surface area contributed by atoms with E-state index in [1.807, 2.05) is 11.8 Å². The molecule has 0 atom stereocenters. The molecule has 104 valence electrons. The van der Waals surface area contributed by atoms with Crippen LogP contribution in [0, 0.1) is 29.1 Å². The molecule has 4 rings (SSSR count). The Hall–Kier alpha value is -1.04. The number of hydrogen-bond acceptors (Lipinski definition) is 2. The second-order valence-corrected chi connectivity index (χ2v) is 7.03. The van der Waals surface area contributed by atoms with E-state index in [-0.39, 0.29) is 11.4 Å². The van der Waals surface area contributed by atoms with Crippen LogP contribution in [0.3, 0.4) is 0 Å². The summed E-state index contributed by atoms with van der Waals surface area (Å²) in [6, 6.07) is 2.24. The Morgan fingerprint density at radius 3 is 2.16 bits per heavy atom. The molecule has 0 aliphatic heterocycles. The zero-order valence-corrected chi connectivity index (χ0v) is 11.9. The molecule has 4 aliphatic carbocycles. The van der Waals surface area contributed by atoms with E-state index in [1.54, 1.807) is 0 Å². The molecule has 0 radical (unpaired) electrons. The van der Waals surface area contributed by atoms with Gasteiger partial charge < -0.3 is 4.90 Å². The third kappa shape index (κ3) is 2.16. The summed E-state index contributed by atoms with van der Waals surface area (Å²) in [6.45, 7) is 2.34. The Bertz CT molecular complexity index is 374. The van der Waals surface area contributed by atoms with Crippen LogP contribution >= 0.6 is 0 Å². The highest BCUT2D eigenvalue weighted by molar-refractivity contribution is 5.77. The molecule has 4 bridgehead atoms. The highest BCUT2D eigenvalue weighted by Crippen LogP contribution is 2.57. The van der Waals surface area contributed by atoms with E-state index in [4.69, 9.17) is 5.26 Å². The van der Waals surface area contributed by atoms with Crippen LogP contribution in [-0.2, 0) is 4.79 Å². The number of carbonyl (C=O) groups excluding carboxylic acids is 1. The van der Waals surface area contributed by atoms with Crippen LogP contribution in [0.5, 0.6) is 0 Å². The first-order valence-electron chi connectivity index (χ1n) is 7.84. The highest BCUT2D eigenvalue weighted by atomic mass is 16.2. The fraction of sp³-hybridized carbons (Fsp3) is 0.875. The van der Waals surface area contributed by atoms with Crippen molar-refractivity contribution < 1.29 is 4.79 Å². The van der Waals surface area contributed by atoms with Gasteiger partial charge in [-0.2, -0.15) is 5.26 Å². The third-order valence-corrected chi connectivity index (χ3v) is 5.57. The fourth-order valence-electron chi connectivity index (χ4n) is 5.34. The molecular formula is C16H24N2O. The molecular weight excluding hydrogens is 236 g/mol. The summed E-state index contributed by atoms with van der Waals surface area (Å²) < 4.78 is 0. The minimum atomic E-state index is 0.0523. The Morgan fingerprint density at radius 2 is 1.74 bits per heavy atom. The van der Waals surface area contributed by atoms with Crippen LogP contribution in [0.15, 0.2) is 0 Å². The number of nitrogens with zero attached hydrogens (tertiary/aromatic N) is 2. The van der Waals surface area contributed by atoms with Gasteiger partial charge in [-0.1, -0.05) is 6.92 Å². The molecule has 0 heterocycles. The van der Waals surface area contributed by atoms with Gasteiger partial charge in [0.15, 0.2) is 0 Å². The summed E-state index contributed by atoms with van der Waals surface area (Å²) in [5.74, 6) is 2.68. The van der Waals surface area contributed by atoms with Gasteiger partial charge in [-0.05, 0) is 62.7 Å². The van der Waals surface area contributed by atoms with Crippen LogP contribution in [0.4, 0.5) is 0 Å². The zero-order chi connectivity index (χ0) is 13.5. The summed E-state index contributed by atoms with van der Waals surface area (Å²) in [6.07, 6.45) is 9.10. The zero-order valence-electron chi connectivity index (χ0n) is 11.9. The molecule has 3 nitrogen and oxygen atoms in total. The van der Waals surface area contributed by atoms with Gasteiger partial charge >= 0.3 is 0 Å². The van der Waals surface area contributed by atoms with Crippen molar-refractivity contribution in [1.29, 1.82) is 5.26 Å². The number of carbonyl (C=O) groups is 1. The molecule has 0 aromatic rings. The van der Waals surface area contributed by atoms with Gasteiger partial charge in [-0.15, -0.1) is 0 Å². The Labute approximate surface area is 116 Å². The van der Waals surface area contributed by atoms with E-state index in [0.29, 0.717) is 13.0 Å². The fourth-order valence-corrected chi connectivity index (χ4v) is 5.34. The summed E-state index contributed by atoms with van der Waals surface area (Å²) in [4.78, 5) is 14.4. The van der Waals surface area contributed by atoms with E-state index in [9.17, 15) is 4.79 Å². The van der Waals surface area contributed by atoms with Crippen molar-refractivity contribution >= 4 is 5.91 Å². The Balaban J connectivity index is 1.85. The lowest BCUT2D eigenvalue weighted by Crippen LogP contribution is -2.61. The van der Waals surface area contributed by atoms with Crippen molar-refractivity contribution in [3.8, 4) is 6.07 Å². The normalized spacial score (nSPS) is 39.1. The standard InChI is InChI=1S/C16H24N2O/c1-2-3-15(19)18(5-4-17)16-9-12-6-13(10-16)8-14(7-12)11-16/h12-14H,2-3,5-11H2,1H3. The second-order valence-electron chi connectivity index (χ2n) is 7.03. The van der Waals surface area contributed by atoms with Crippen molar-refractivity contribution in [3.63, 3.8) is 0 Å². The van der Waals surface area contributed by atoms with E-state index in [2.05, 4.69) is 6.07 Å². The minimum absolute atomic E-state index is 0.0523. The minimum Gasteiger partial charge on any atom is -0.324 e. The summed E-state index contributed by atoms with van der Waals surface area (Å²) >= 11 is 0. The van der Waals surface area contributed by atoms with Crippen LogP contribution < -0.4 is 0 Å². The molecule has 19 heavy (non-hydrogen) atoms. The first-order valence-corrected chi connectivity index (χ1v) is 7.84. The van der Waals surface area contributed by atoms with Gasteiger partial charge in [-0.25, -0.2) is 0 Å². The van der Waals surface area contributed by atoms with E-state index < -0.39 is 0 Å². The Kier molecular flexibility index (Phi) is 3.28. The van der Waals surface area contributed by atoms with Crippen LogP contribution in [0.1, 0.15) is 58.3 Å². The van der Waals surface area contributed by atoms with Crippen molar-refractivity contribution in [3.05, 3.63) is 0 Å². The lowest BCUT2D eigenvalue weighted by molar-refractivity contribution is -0.149. The monoisotopic (exact) mass is 260 g/mol. The van der Waals surface area contributed by atoms with Gasteiger partial charge in [0.2, 0.25) is 5.91 Å². The number of rotatable bonds is 4. The second kappa shape index (κ2) is 4.81. The molecule has 0 unspecified atom stereocenters. The molecule has 4 saturated carbocycles. The molecule has 0 aromatic carbocycles. The van der Waals surface area contributed by atoms with Crippen LogP contribution in [0.25, 0.3) is 0 Å². The number of hydrogen-bond donors (Lipinski definition) is 0. The maximum atomic E-state index is 12.4.